The molecule has 3 nitrogen and oxygen atoms in total. The molecule has 0 aromatic heterocycles. The SMILES string of the molecule is CCCCN1c2cc(C)ccc2NC2=C(C(=O)CC(C)(C)C2)C1c1c(F)cccc1Cl. The smallest absolute Gasteiger partial charge is 0.163 e. The van der Waals surface area contributed by atoms with Gasteiger partial charge >= 0.3 is 0 Å². The maximum absolute atomic E-state index is 15.3. The second-order valence-corrected chi connectivity index (χ2v) is 9.97. The predicted octanol–water partition coefficient (Wildman–Crippen LogP) is 7.20. The van der Waals surface area contributed by atoms with Gasteiger partial charge in [-0.1, -0.05) is 50.9 Å². The molecule has 0 saturated heterocycles. The standard InChI is InChI=1S/C26H30ClFN2O/c1-5-6-12-30-21-13-16(2)10-11-19(21)29-20-14-26(3,4)15-22(31)24(20)25(30)23-17(27)8-7-9-18(23)28/h7-11,13,25,29H,5-6,12,14-15H2,1-4H3. The minimum Gasteiger partial charge on any atom is -0.358 e. The Morgan fingerprint density at radius 1 is 1.23 bits per heavy atom. The number of carbonyl (C=O) groups is 1. The number of unbranched alkanes of at least 4 members (excludes halogenated alkanes) is 1. The average molecular weight is 441 g/mol. The van der Waals surface area contributed by atoms with Crippen molar-refractivity contribution < 1.29 is 9.18 Å². The van der Waals surface area contributed by atoms with E-state index in [9.17, 15) is 4.79 Å². The highest BCUT2D eigenvalue weighted by Gasteiger charge is 2.42. The molecule has 1 aliphatic heterocycles. The number of halogens is 2. The largest absolute Gasteiger partial charge is 0.358 e. The number of fused-ring (bicyclic) bond motifs is 1. The van der Waals surface area contributed by atoms with Crippen LogP contribution in [0.5, 0.6) is 0 Å². The molecule has 2 aliphatic rings. The van der Waals surface area contributed by atoms with Gasteiger partial charge in [-0.3, -0.25) is 4.79 Å². The lowest BCUT2D eigenvalue weighted by Crippen LogP contribution is -2.37. The third-order valence-corrected chi connectivity index (χ3v) is 6.61. The van der Waals surface area contributed by atoms with Crippen molar-refractivity contribution in [2.45, 2.75) is 59.4 Å². The van der Waals surface area contributed by atoms with Crippen LogP contribution in [0.1, 0.15) is 63.6 Å². The van der Waals surface area contributed by atoms with Crippen molar-refractivity contribution in [3.63, 3.8) is 0 Å². The molecule has 4 rings (SSSR count). The van der Waals surface area contributed by atoms with Crippen molar-refractivity contribution >= 4 is 28.8 Å². The van der Waals surface area contributed by atoms with Gasteiger partial charge in [0.05, 0.1) is 17.4 Å². The third kappa shape index (κ3) is 4.10. The summed E-state index contributed by atoms with van der Waals surface area (Å²) in [6, 6.07) is 10.5. The molecule has 0 saturated carbocycles. The summed E-state index contributed by atoms with van der Waals surface area (Å²) in [6.45, 7) is 9.11. The van der Waals surface area contributed by atoms with Crippen molar-refractivity contribution in [2.24, 2.45) is 5.41 Å². The Labute approximate surface area is 189 Å². The van der Waals surface area contributed by atoms with E-state index in [1.54, 1.807) is 12.1 Å². The lowest BCUT2D eigenvalue weighted by molar-refractivity contribution is -0.118. The van der Waals surface area contributed by atoms with Crippen LogP contribution in [0.2, 0.25) is 5.02 Å². The molecule has 0 fully saturated rings. The van der Waals surface area contributed by atoms with Gasteiger partial charge in [0.15, 0.2) is 5.78 Å². The van der Waals surface area contributed by atoms with E-state index in [4.69, 9.17) is 11.6 Å². The van der Waals surface area contributed by atoms with Gasteiger partial charge in [-0.15, -0.1) is 0 Å². The average Bonchev–Trinajstić information content (AvgIpc) is 2.80. The molecule has 1 atom stereocenters. The van der Waals surface area contributed by atoms with Gasteiger partial charge in [0.2, 0.25) is 0 Å². The molecule has 0 bridgehead atoms. The first-order chi connectivity index (χ1) is 14.7. The predicted molar refractivity (Wildman–Crippen MR) is 126 cm³/mol. The van der Waals surface area contributed by atoms with Crippen LogP contribution in [0.4, 0.5) is 15.8 Å². The summed E-state index contributed by atoms with van der Waals surface area (Å²) >= 11 is 6.59. The summed E-state index contributed by atoms with van der Waals surface area (Å²) in [5.74, 6) is -0.311. The highest BCUT2D eigenvalue weighted by atomic mass is 35.5. The number of carbonyl (C=O) groups excluding carboxylic acids is 1. The van der Waals surface area contributed by atoms with E-state index in [1.807, 2.05) is 0 Å². The molecule has 164 valence electrons. The summed E-state index contributed by atoms with van der Waals surface area (Å²) in [6.07, 6.45) is 3.09. The van der Waals surface area contributed by atoms with E-state index in [2.05, 4.69) is 56.1 Å². The van der Waals surface area contributed by atoms with Crippen LogP contribution in [-0.4, -0.2) is 12.3 Å². The molecule has 5 heteroatoms. The summed E-state index contributed by atoms with van der Waals surface area (Å²) in [7, 11) is 0. The fourth-order valence-electron chi connectivity index (χ4n) is 4.86. The molecule has 1 aliphatic carbocycles. The first-order valence-corrected chi connectivity index (χ1v) is 11.4. The molecule has 1 heterocycles. The van der Waals surface area contributed by atoms with Crippen molar-refractivity contribution in [3.05, 3.63) is 69.6 Å². The number of hydrogen-bond acceptors (Lipinski definition) is 3. The number of benzene rings is 2. The van der Waals surface area contributed by atoms with Gasteiger partial charge in [0, 0.05) is 34.8 Å². The molecule has 1 N–H and O–H groups in total. The van der Waals surface area contributed by atoms with E-state index in [0.29, 0.717) is 29.1 Å². The van der Waals surface area contributed by atoms with Crippen molar-refractivity contribution in [2.75, 3.05) is 16.8 Å². The zero-order chi connectivity index (χ0) is 22.3. The quantitative estimate of drug-likeness (QED) is 0.545. The summed E-state index contributed by atoms with van der Waals surface area (Å²) in [5, 5.41) is 3.93. The lowest BCUT2D eigenvalue weighted by Gasteiger charge is -2.38. The lowest BCUT2D eigenvalue weighted by atomic mass is 9.73. The summed E-state index contributed by atoms with van der Waals surface area (Å²) in [4.78, 5) is 15.7. The fraction of sp³-hybridized carbons (Fsp3) is 0.423. The van der Waals surface area contributed by atoms with Gasteiger partial charge in [-0.05, 0) is 55.0 Å². The minimum absolute atomic E-state index is 0.0640. The van der Waals surface area contributed by atoms with Crippen molar-refractivity contribution in [3.8, 4) is 0 Å². The van der Waals surface area contributed by atoms with Crippen LogP contribution in [-0.2, 0) is 4.79 Å². The van der Waals surface area contributed by atoms with Crippen LogP contribution in [0.3, 0.4) is 0 Å². The number of anilines is 2. The Bertz CT molecular complexity index is 1040. The molecule has 2 aromatic rings. The number of allylic oxidation sites excluding steroid dienone is 1. The summed E-state index contributed by atoms with van der Waals surface area (Å²) in [5.41, 5.74) is 4.82. The first kappa shape index (κ1) is 21.9. The Morgan fingerprint density at radius 3 is 2.71 bits per heavy atom. The van der Waals surface area contributed by atoms with Gasteiger partial charge in [-0.25, -0.2) is 4.39 Å². The Hall–Kier alpha value is -2.33. The normalized spacial score (nSPS) is 20.1. The van der Waals surface area contributed by atoms with Crippen LogP contribution < -0.4 is 10.2 Å². The topological polar surface area (TPSA) is 32.3 Å². The number of aryl methyl sites for hydroxylation is 1. The van der Waals surface area contributed by atoms with E-state index in [1.165, 1.54) is 6.07 Å². The molecule has 0 radical (unpaired) electrons. The number of nitrogens with zero attached hydrogens (tertiary/aromatic N) is 1. The fourth-order valence-corrected chi connectivity index (χ4v) is 5.12. The molecule has 0 amide bonds. The van der Waals surface area contributed by atoms with Gasteiger partial charge in [0.25, 0.3) is 0 Å². The summed E-state index contributed by atoms with van der Waals surface area (Å²) < 4.78 is 15.3. The molecule has 1 unspecified atom stereocenters. The van der Waals surface area contributed by atoms with Gasteiger partial charge in [-0.2, -0.15) is 0 Å². The Kier molecular flexibility index (Phi) is 5.87. The van der Waals surface area contributed by atoms with Crippen molar-refractivity contribution in [1.29, 1.82) is 0 Å². The van der Waals surface area contributed by atoms with E-state index >= 15 is 4.39 Å². The number of rotatable bonds is 4. The Morgan fingerprint density at radius 2 is 2.00 bits per heavy atom. The van der Waals surface area contributed by atoms with Gasteiger partial charge < -0.3 is 10.2 Å². The molecular formula is C26H30ClFN2O. The first-order valence-electron chi connectivity index (χ1n) is 11.1. The van der Waals surface area contributed by atoms with Gasteiger partial charge in [0.1, 0.15) is 5.82 Å². The number of ketones is 1. The van der Waals surface area contributed by atoms with E-state index in [0.717, 1.165) is 41.9 Å². The second-order valence-electron chi connectivity index (χ2n) is 9.56. The molecule has 31 heavy (non-hydrogen) atoms. The number of hydrogen-bond donors (Lipinski definition) is 1. The molecular weight excluding hydrogens is 411 g/mol. The second kappa shape index (κ2) is 8.31. The monoisotopic (exact) mass is 440 g/mol. The molecule has 2 aromatic carbocycles. The third-order valence-electron chi connectivity index (χ3n) is 6.28. The van der Waals surface area contributed by atoms with Crippen LogP contribution >= 0.6 is 11.6 Å². The Balaban J connectivity index is 2.02. The van der Waals surface area contributed by atoms with E-state index in [-0.39, 0.29) is 17.0 Å². The minimum atomic E-state index is -0.561. The zero-order valence-electron chi connectivity index (χ0n) is 18.7. The van der Waals surface area contributed by atoms with Crippen LogP contribution in [0.15, 0.2) is 47.7 Å². The van der Waals surface area contributed by atoms with E-state index < -0.39 is 6.04 Å². The highest BCUT2D eigenvalue weighted by molar-refractivity contribution is 6.31. The number of Topliss-reactive ketones (excluding diaryl/α,β-unsaturated/α-hetero) is 1. The van der Waals surface area contributed by atoms with Crippen molar-refractivity contribution in [1.82, 2.24) is 0 Å². The maximum Gasteiger partial charge on any atom is 0.163 e. The number of nitrogens with one attached hydrogen (secondary N) is 1. The maximum atomic E-state index is 15.3. The van der Waals surface area contributed by atoms with Crippen LogP contribution in [0.25, 0.3) is 0 Å². The molecule has 0 spiro atoms. The zero-order valence-corrected chi connectivity index (χ0v) is 19.4. The van der Waals surface area contributed by atoms with Crippen LogP contribution in [0, 0.1) is 18.2 Å². The highest BCUT2D eigenvalue weighted by Crippen LogP contribution is 2.49.